The van der Waals surface area contributed by atoms with Crippen molar-refractivity contribution in [2.24, 2.45) is 16.8 Å². The van der Waals surface area contributed by atoms with Crippen molar-refractivity contribution in [3.8, 4) is 0 Å². The Morgan fingerprint density at radius 3 is 2.60 bits per heavy atom. The average molecular weight is 343 g/mol. The van der Waals surface area contributed by atoms with Crippen LogP contribution in [0.5, 0.6) is 0 Å². The maximum absolute atomic E-state index is 11.9. The summed E-state index contributed by atoms with van der Waals surface area (Å²) in [4.78, 5) is 18.6. The van der Waals surface area contributed by atoms with Crippen molar-refractivity contribution in [3.63, 3.8) is 0 Å². The number of likely N-dealkylation sites (tertiary alicyclic amines) is 1. The number of carbonyl (C=O) groups excluding carboxylic acids is 1. The summed E-state index contributed by atoms with van der Waals surface area (Å²) in [6.45, 7) is 4.49. The zero-order valence-corrected chi connectivity index (χ0v) is 15.5. The van der Waals surface area contributed by atoms with E-state index in [0.29, 0.717) is 6.54 Å². The second-order valence-electron chi connectivity index (χ2n) is 7.41. The van der Waals surface area contributed by atoms with Gasteiger partial charge < -0.3 is 15.0 Å². The summed E-state index contributed by atoms with van der Waals surface area (Å²) in [5.41, 5.74) is 1.62. The zero-order chi connectivity index (χ0) is 17.9. The zero-order valence-electron chi connectivity index (χ0n) is 15.5. The summed E-state index contributed by atoms with van der Waals surface area (Å²) in [5, 5.41) is 3.57. The average Bonchev–Trinajstić information content (AvgIpc) is 2.99. The van der Waals surface area contributed by atoms with Crippen LogP contribution >= 0.6 is 0 Å². The van der Waals surface area contributed by atoms with Crippen molar-refractivity contribution in [1.29, 1.82) is 0 Å². The number of rotatable bonds is 4. The number of nitrogens with zero attached hydrogens (tertiary/aromatic N) is 2. The van der Waals surface area contributed by atoms with Gasteiger partial charge in [0.1, 0.15) is 0 Å². The van der Waals surface area contributed by atoms with Crippen molar-refractivity contribution in [2.45, 2.75) is 31.6 Å². The lowest BCUT2D eigenvalue weighted by molar-refractivity contribution is -0.145. The Morgan fingerprint density at radius 1 is 1.32 bits per heavy atom. The number of esters is 1. The molecular weight excluding hydrogens is 314 g/mol. The summed E-state index contributed by atoms with van der Waals surface area (Å²) in [6.07, 6.45) is 3.70. The van der Waals surface area contributed by atoms with Gasteiger partial charge in [-0.05, 0) is 24.3 Å². The molecule has 2 fully saturated rings. The van der Waals surface area contributed by atoms with Gasteiger partial charge in [-0.25, -0.2) is 0 Å². The first-order valence-corrected chi connectivity index (χ1v) is 9.18. The van der Waals surface area contributed by atoms with Crippen LogP contribution < -0.4 is 5.32 Å². The standard InChI is InChI=1S/C20H29N3O2/c1-15-12-23(13-17(15)18(24)25-3)19(21-2)22-14-20(10-7-11-20)16-8-5-4-6-9-16/h4-6,8-9,15,17H,7,10-14H2,1-3H3,(H,21,22). The maximum atomic E-state index is 11.9. The topological polar surface area (TPSA) is 53.9 Å². The third-order valence-corrected chi connectivity index (χ3v) is 5.91. The van der Waals surface area contributed by atoms with Gasteiger partial charge in [-0.3, -0.25) is 9.79 Å². The Kier molecular flexibility index (Phi) is 5.30. The normalized spacial score (nSPS) is 25.4. The minimum Gasteiger partial charge on any atom is -0.469 e. The molecule has 0 spiro atoms. The molecule has 25 heavy (non-hydrogen) atoms. The van der Waals surface area contributed by atoms with Crippen LogP contribution in [0.3, 0.4) is 0 Å². The number of hydrogen-bond acceptors (Lipinski definition) is 3. The van der Waals surface area contributed by atoms with E-state index in [-0.39, 0.29) is 23.2 Å². The van der Waals surface area contributed by atoms with Crippen LogP contribution in [0.4, 0.5) is 0 Å². The number of methoxy groups -OCH3 is 1. The molecule has 1 aromatic rings. The number of benzene rings is 1. The molecule has 1 aliphatic heterocycles. The predicted octanol–water partition coefficient (Wildman–Crippen LogP) is 2.42. The number of carbonyl (C=O) groups is 1. The molecule has 5 nitrogen and oxygen atoms in total. The first kappa shape index (κ1) is 17.8. The van der Waals surface area contributed by atoms with Crippen molar-refractivity contribution >= 4 is 11.9 Å². The van der Waals surface area contributed by atoms with Crippen LogP contribution in [0.2, 0.25) is 0 Å². The highest BCUT2D eigenvalue weighted by molar-refractivity contribution is 5.82. The molecule has 1 aromatic carbocycles. The van der Waals surface area contributed by atoms with Crippen molar-refractivity contribution in [3.05, 3.63) is 35.9 Å². The Morgan fingerprint density at radius 2 is 2.04 bits per heavy atom. The van der Waals surface area contributed by atoms with Gasteiger partial charge in [-0.2, -0.15) is 0 Å². The van der Waals surface area contributed by atoms with Gasteiger partial charge in [0, 0.05) is 32.1 Å². The number of nitrogens with one attached hydrogen (secondary N) is 1. The third kappa shape index (κ3) is 3.51. The fourth-order valence-corrected chi connectivity index (χ4v) is 4.14. The van der Waals surface area contributed by atoms with Crippen LogP contribution in [0.25, 0.3) is 0 Å². The van der Waals surface area contributed by atoms with Crippen LogP contribution in [0.15, 0.2) is 35.3 Å². The van der Waals surface area contributed by atoms with Crippen LogP contribution in [0, 0.1) is 11.8 Å². The van der Waals surface area contributed by atoms with Crippen LogP contribution in [0.1, 0.15) is 31.7 Å². The van der Waals surface area contributed by atoms with Gasteiger partial charge in [-0.1, -0.05) is 43.7 Å². The highest BCUT2D eigenvalue weighted by atomic mass is 16.5. The van der Waals surface area contributed by atoms with E-state index in [2.05, 4.69) is 52.5 Å². The van der Waals surface area contributed by atoms with E-state index in [1.54, 1.807) is 0 Å². The minimum atomic E-state index is -0.120. The van der Waals surface area contributed by atoms with Crippen LogP contribution in [-0.4, -0.2) is 50.6 Å². The van der Waals surface area contributed by atoms with Crippen molar-refractivity contribution in [2.75, 3.05) is 33.8 Å². The second-order valence-corrected chi connectivity index (χ2v) is 7.41. The van der Waals surface area contributed by atoms with Gasteiger partial charge in [0.15, 0.2) is 5.96 Å². The number of guanidine groups is 1. The summed E-state index contributed by atoms with van der Waals surface area (Å²) in [5.74, 6) is 0.971. The monoisotopic (exact) mass is 343 g/mol. The van der Waals surface area contributed by atoms with Crippen LogP contribution in [-0.2, 0) is 14.9 Å². The van der Waals surface area contributed by atoms with E-state index in [9.17, 15) is 4.79 Å². The fourth-order valence-electron chi connectivity index (χ4n) is 4.14. The first-order chi connectivity index (χ1) is 12.1. The van der Waals surface area contributed by atoms with E-state index in [4.69, 9.17) is 4.74 Å². The Bertz CT molecular complexity index is 625. The molecule has 136 valence electrons. The number of aliphatic imine (C=N–C) groups is 1. The molecule has 0 bridgehead atoms. The molecule has 0 amide bonds. The molecule has 1 saturated carbocycles. The van der Waals surface area contributed by atoms with Gasteiger partial charge in [0.05, 0.1) is 13.0 Å². The van der Waals surface area contributed by atoms with E-state index in [1.165, 1.54) is 31.9 Å². The lowest BCUT2D eigenvalue weighted by atomic mass is 9.64. The van der Waals surface area contributed by atoms with Gasteiger partial charge in [0.25, 0.3) is 0 Å². The Balaban J connectivity index is 1.65. The predicted molar refractivity (Wildman–Crippen MR) is 99.6 cm³/mol. The molecule has 2 unspecified atom stereocenters. The number of ether oxygens (including phenoxy) is 1. The molecule has 0 radical (unpaired) electrons. The van der Waals surface area contributed by atoms with Crippen molar-refractivity contribution in [1.82, 2.24) is 10.2 Å². The molecule has 2 aliphatic rings. The van der Waals surface area contributed by atoms with Gasteiger partial charge in [0.2, 0.25) is 0 Å². The molecular formula is C20H29N3O2. The molecule has 2 atom stereocenters. The molecule has 3 rings (SSSR count). The second kappa shape index (κ2) is 7.46. The van der Waals surface area contributed by atoms with Gasteiger partial charge in [-0.15, -0.1) is 0 Å². The summed E-state index contributed by atoms with van der Waals surface area (Å²) >= 11 is 0. The SMILES string of the molecule is CN=C(NCC1(c2ccccc2)CCC1)N1CC(C)C(C(=O)OC)C1. The highest BCUT2D eigenvalue weighted by Gasteiger charge is 2.40. The molecule has 0 aromatic heterocycles. The fraction of sp³-hybridized carbons (Fsp3) is 0.600. The molecule has 5 heteroatoms. The van der Waals surface area contributed by atoms with Crippen molar-refractivity contribution < 1.29 is 9.53 Å². The molecule has 1 aliphatic carbocycles. The van der Waals surface area contributed by atoms with E-state index in [1.807, 2.05) is 7.05 Å². The maximum Gasteiger partial charge on any atom is 0.310 e. The summed E-state index contributed by atoms with van der Waals surface area (Å²) in [7, 11) is 3.28. The number of hydrogen-bond donors (Lipinski definition) is 1. The first-order valence-electron chi connectivity index (χ1n) is 9.18. The lowest BCUT2D eigenvalue weighted by Crippen LogP contribution is -2.49. The van der Waals surface area contributed by atoms with E-state index in [0.717, 1.165) is 19.0 Å². The van der Waals surface area contributed by atoms with E-state index >= 15 is 0 Å². The van der Waals surface area contributed by atoms with Gasteiger partial charge >= 0.3 is 5.97 Å². The molecule has 1 N–H and O–H groups in total. The Hall–Kier alpha value is -2.04. The summed E-state index contributed by atoms with van der Waals surface area (Å²) < 4.78 is 4.94. The third-order valence-electron chi connectivity index (χ3n) is 5.91. The Labute approximate surface area is 150 Å². The molecule has 1 heterocycles. The highest BCUT2D eigenvalue weighted by Crippen LogP contribution is 2.43. The quantitative estimate of drug-likeness (QED) is 0.518. The minimum absolute atomic E-state index is 0.0738. The smallest absolute Gasteiger partial charge is 0.310 e. The summed E-state index contributed by atoms with van der Waals surface area (Å²) in [6, 6.07) is 10.8. The van der Waals surface area contributed by atoms with E-state index < -0.39 is 0 Å². The molecule has 1 saturated heterocycles. The lowest BCUT2D eigenvalue weighted by Gasteiger charge is -2.43. The largest absolute Gasteiger partial charge is 0.469 e.